The molecule has 30 heavy (non-hydrogen) atoms. The van der Waals surface area contributed by atoms with Crippen molar-refractivity contribution in [3.63, 3.8) is 0 Å². The first-order chi connectivity index (χ1) is 14.4. The van der Waals surface area contributed by atoms with Crippen molar-refractivity contribution in [2.24, 2.45) is 0 Å². The molecular formula is C21H15ClF3N3OS. The summed E-state index contributed by atoms with van der Waals surface area (Å²) in [5.41, 5.74) is 0.708. The molecule has 0 saturated heterocycles. The van der Waals surface area contributed by atoms with Gasteiger partial charge >= 0.3 is 6.18 Å². The largest absolute Gasteiger partial charge is 0.467 e. The van der Waals surface area contributed by atoms with Crippen LogP contribution in [0.4, 0.5) is 13.2 Å². The van der Waals surface area contributed by atoms with E-state index in [1.54, 1.807) is 30.5 Å². The third-order valence-electron chi connectivity index (χ3n) is 4.34. The Kier molecular flexibility index (Phi) is 5.87. The van der Waals surface area contributed by atoms with Crippen LogP contribution >= 0.6 is 23.4 Å². The van der Waals surface area contributed by atoms with Gasteiger partial charge < -0.3 is 4.42 Å². The lowest BCUT2D eigenvalue weighted by Gasteiger charge is -2.10. The van der Waals surface area contributed by atoms with E-state index in [1.807, 2.05) is 22.8 Å². The maximum Gasteiger partial charge on any atom is 0.416 e. The van der Waals surface area contributed by atoms with Crippen molar-refractivity contribution < 1.29 is 17.6 Å². The highest BCUT2D eigenvalue weighted by molar-refractivity contribution is 7.98. The molecule has 0 atom stereocenters. The lowest BCUT2D eigenvalue weighted by Crippen LogP contribution is -2.05. The second-order valence-corrected chi connectivity index (χ2v) is 7.84. The van der Waals surface area contributed by atoms with Crippen molar-refractivity contribution in [2.75, 3.05) is 0 Å². The third kappa shape index (κ3) is 4.71. The zero-order valence-corrected chi connectivity index (χ0v) is 17.0. The second-order valence-electron chi connectivity index (χ2n) is 6.47. The molecule has 0 amide bonds. The number of furan rings is 1. The molecule has 0 aliphatic rings. The minimum atomic E-state index is -4.37. The normalized spacial score (nSPS) is 11.7. The number of rotatable bonds is 6. The van der Waals surface area contributed by atoms with E-state index >= 15 is 0 Å². The summed E-state index contributed by atoms with van der Waals surface area (Å²) in [5, 5.41) is 9.74. The molecule has 0 fully saturated rings. The number of benzene rings is 2. The van der Waals surface area contributed by atoms with Crippen molar-refractivity contribution in [1.82, 2.24) is 14.8 Å². The molecule has 154 valence electrons. The SMILES string of the molecule is FC(F)(F)c1cccc(CSc2nnc(-c3ccc(Cl)cc3)n2Cc2ccco2)c1. The molecule has 0 bridgehead atoms. The molecule has 2 aromatic carbocycles. The van der Waals surface area contributed by atoms with Gasteiger partial charge in [0.1, 0.15) is 5.76 Å². The number of nitrogens with zero attached hydrogens (tertiary/aromatic N) is 3. The van der Waals surface area contributed by atoms with Crippen molar-refractivity contribution in [3.8, 4) is 11.4 Å². The summed E-state index contributed by atoms with van der Waals surface area (Å²) >= 11 is 7.29. The Hall–Kier alpha value is -2.71. The average Bonchev–Trinajstić information content (AvgIpc) is 3.37. The predicted molar refractivity (Wildman–Crippen MR) is 109 cm³/mol. The van der Waals surface area contributed by atoms with Gasteiger partial charge in [-0.25, -0.2) is 0 Å². The summed E-state index contributed by atoms with van der Waals surface area (Å²) in [7, 11) is 0. The molecule has 2 aromatic heterocycles. The Labute approximate surface area is 179 Å². The lowest BCUT2D eigenvalue weighted by atomic mass is 10.1. The number of aromatic nitrogens is 3. The molecule has 0 spiro atoms. The topological polar surface area (TPSA) is 43.9 Å². The van der Waals surface area contributed by atoms with E-state index in [0.29, 0.717) is 39.6 Å². The molecular weight excluding hydrogens is 435 g/mol. The standard InChI is InChI=1S/C21H15ClF3N3OS/c22-17-8-6-15(7-9-17)19-26-27-20(28(19)12-18-5-2-10-29-18)30-13-14-3-1-4-16(11-14)21(23,24)25/h1-11H,12-13H2. The number of halogens is 4. The monoisotopic (exact) mass is 449 g/mol. The Morgan fingerprint density at radius 3 is 2.50 bits per heavy atom. The van der Waals surface area contributed by atoms with Crippen LogP contribution in [0.25, 0.3) is 11.4 Å². The van der Waals surface area contributed by atoms with Gasteiger partial charge in [0.15, 0.2) is 11.0 Å². The van der Waals surface area contributed by atoms with Gasteiger partial charge in [-0.15, -0.1) is 10.2 Å². The summed E-state index contributed by atoms with van der Waals surface area (Å²) in [6.45, 7) is 0.392. The van der Waals surface area contributed by atoms with Crippen molar-refractivity contribution in [3.05, 3.63) is 88.8 Å². The molecule has 2 heterocycles. The van der Waals surface area contributed by atoms with Crippen LogP contribution in [0.5, 0.6) is 0 Å². The van der Waals surface area contributed by atoms with E-state index in [1.165, 1.54) is 17.8 Å². The van der Waals surface area contributed by atoms with Crippen LogP contribution in [0.15, 0.2) is 76.5 Å². The summed E-state index contributed by atoms with van der Waals surface area (Å²) in [5.74, 6) is 1.65. The van der Waals surface area contributed by atoms with E-state index in [2.05, 4.69) is 10.2 Å². The van der Waals surface area contributed by atoms with Crippen LogP contribution in [0.2, 0.25) is 5.02 Å². The Morgan fingerprint density at radius 1 is 1.00 bits per heavy atom. The average molecular weight is 450 g/mol. The number of hydrogen-bond acceptors (Lipinski definition) is 4. The predicted octanol–water partition coefficient (Wildman–Crippen LogP) is 6.55. The molecule has 0 radical (unpaired) electrons. The fourth-order valence-electron chi connectivity index (χ4n) is 2.89. The van der Waals surface area contributed by atoms with E-state index in [9.17, 15) is 13.2 Å². The van der Waals surface area contributed by atoms with Gasteiger partial charge in [-0.05, 0) is 48.0 Å². The zero-order chi connectivity index (χ0) is 21.1. The van der Waals surface area contributed by atoms with Gasteiger partial charge in [0, 0.05) is 16.3 Å². The van der Waals surface area contributed by atoms with Crippen molar-refractivity contribution in [1.29, 1.82) is 0 Å². The van der Waals surface area contributed by atoms with Gasteiger partial charge in [-0.2, -0.15) is 13.2 Å². The van der Waals surface area contributed by atoms with Crippen LogP contribution in [-0.4, -0.2) is 14.8 Å². The highest BCUT2D eigenvalue weighted by atomic mass is 35.5. The van der Waals surface area contributed by atoms with Crippen LogP contribution in [0.1, 0.15) is 16.9 Å². The summed E-state index contributed by atoms with van der Waals surface area (Å²) in [6, 6.07) is 16.1. The van der Waals surface area contributed by atoms with Crippen LogP contribution in [0, 0.1) is 0 Å². The first-order valence-corrected chi connectivity index (χ1v) is 10.3. The Balaban J connectivity index is 1.62. The smallest absolute Gasteiger partial charge is 0.416 e. The van der Waals surface area contributed by atoms with Gasteiger partial charge in [0.05, 0.1) is 18.4 Å². The van der Waals surface area contributed by atoms with Crippen molar-refractivity contribution >= 4 is 23.4 Å². The third-order valence-corrected chi connectivity index (χ3v) is 5.63. The lowest BCUT2D eigenvalue weighted by molar-refractivity contribution is -0.137. The molecule has 0 aliphatic carbocycles. The van der Waals surface area contributed by atoms with Crippen molar-refractivity contribution in [2.45, 2.75) is 23.6 Å². The first-order valence-electron chi connectivity index (χ1n) is 8.90. The molecule has 0 N–H and O–H groups in total. The molecule has 9 heteroatoms. The molecule has 0 unspecified atom stereocenters. The fourth-order valence-corrected chi connectivity index (χ4v) is 3.90. The minimum absolute atomic E-state index is 0.320. The molecule has 4 aromatic rings. The van der Waals surface area contributed by atoms with Gasteiger partial charge in [0.25, 0.3) is 0 Å². The van der Waals surface area contributed by atoms with E-state index in [4.69, 9.17) is 16.0 Å². The van der Waals surface area contributed by atoms with Crippen LogP contribution < -0.4 is 0 Å². The molecule has 4 rings (SSSR count). The van der Waals surface area contributed by atoms with Gasteiger partial charge in [-0.1, -0.05) is 41.6 Å². The zero-order valence-electron chi connectivity index (χ0n) is 15.4. The highest BCUT2D eigenvalue weighted by Crippen LogP contribution is 2.32. The van der Waals surface area contributed by atoms with E-state index in [-0.39, 0.29) is 0 Å². The second kappa shape index (κ2) is 8.57. The Bertz CT molecular complexity index is 1130. The van der Waals surface area contributed by atoms with Gasteiger partial charge in [-0.3, -0.25) is 4.57 Å². The number of hydrogen-bond donors (Lipinski definition) is 0. The quantitative estimate of drug-likeness (QED) is 0.313. The maximum absolute atomic E-state index is 13.0. The van der Waals surface area contributed by atoms with Crippen LogP contribution in [0.3, 0.4) is 0 Å². The molecule has 0 saturated carbocycles. The minimum Gasteiger partial charge on any atom is -0.467 e. The molecule has 4 nitrogen and oxygen atoms in total. The summed E-state index contributed by atoms with van der Waals surface area (Å²) in [4.78, 5) is 0. The number of alkyl halides is 3. The van der Waals surface area contributed by atoms with Crippen LogP contribution in [-0.2, 0) is 18.5 Å². The maximum atomic E-state index is 13.0. The number of thioether (sulfide) groups is 1. The fraction of sp³-hybridized carbons (Fsp3) is 0.143. The van der Waals surface area contributed by atoms with E-state index < -0.39 is 11.7 Å². The Morgan fingerprint density at radius 2 is 1.80 bits per heavy atom. The van der Waals surface area contributed by atoms with Gasteiger partial charge in [0.2, 0.25) is 0 Å². The highest BCUT2D eigenvalue weighted by Gasteiger charge is 2.30. The first kappa shape index (κ1) is 20.6. The molecule has 0 aliphatic heterocycles. The van der Waals surface area contributed by atoms with E-state index in [0.717, 1.165) is 17.7 Å². The summed E-state index contributed by atoms with van der Waals surface area (Å²) in [6.07, 6.45) is -2.79. The summed E-state index contributed by atoms with van der Waals surface area (Å²) < 4.78 is 46.3.